The second kappa shape index (κ2) is 15.8. The van der Waals surface area contributed by atoms with Crippen molar-refractivity contribution in [1.82, 2.24) is 15.5 Å². The normalized spacial score (nSPS) is 11.7. The molecule has 1 aromatic carbocycles. The monoisotopic (exact) mass is 506 g/mol. The molecule has 0 saturated carbocycles. The van der Waals surface area contributed by atoms with Crippen LogP contribution < -0.4 is 15.4 Å². The maximum absolute atomic E-state index is 5.76. The van der Waals surface area contributed by atoms with Gasteiger partial charge in [-0.25, -0.2) is 0 Å². The molecule has 0 fully saturated rings. The zero-order chi connectivity index (χ0) is 20.1. The Labute approximate surface area is 188 Å². The SMILES string of the molecule is CN=C(NCCN(C(C)C)C(C)C)NCc1cccc(OCCCOC)c1.I. The van der Waals surface area contributed by atoms with Crippen LogP contribution in [-0.2, 0) is 11.3 Å². The molecule has 0 aromatic heterocycles. The Kier molecular flexibility index (Phi) is 15.2. The number of methoxy groups -OCH3 is 1. The van der Waals surface area contributed by atoms with Gasteiger partial charge in [-0.2, -0.15) is 0 Å². The number of ether oxygens (including phenoxy) is 2. The van der Waals surface area contributed by atoms with Gasteiger partial charge in [0.05, 0.1) is 6.61 Å². The van der Waals surface area contributed by atoms with Crippen molar-refractivity contribution >= 4 is 29.9 Å². The molecule has 0 heterocycles. The van der Waals surface area contributed by atoms with Crippen LogP contribution in [0.3, 0.4) is 0 Å². The van der Waals surface area contributed by atoms with Crippen LogP contribution in [0.15, 0.2) is 29.3 Å². The van der Waals surface area contributed by atoms with Crippen molar-refractivity contribution in [3.05, 3.63) is 29.8 Å². The number of nitrogens with one attached hydrogen (secondary N) is 2. The first kappa shape index (κ1) is 26.9. The molecular formula is C21H39IN4O2. The standard InChI is InChI=1S/C21H38N4O2.HI/c1-17(2)25(18(3)4)12-11-23-21(22-5)24-16-19-9-7-10-20(15-19)27-14-8-13-26-6;/h7,9-10,15,17-18H,8,11-14,16H2,1-6H3,(H2,22,23,24);1H. The highest BCUT2D eigenvalue weighted by atomic mass is 127. The molecule has 0 amide bonds. The number of rotatable bonds is 12. The van der Waals surface area contributed by atoms with Crippen molar-refractivity contribution in [2.75, 3.05) is 40.5 Å². The van der Waals surface area contributed by atoms with Crippen LogP contribution in [0.1, 0.15) is 39.7 Å². The van der Waals surface area contributed by atoms with E-state index in [1.54, 1.807) is 14.2 Å². The van der Waals surface area contributed by atoms with E-state index in [2.05, 4.69) is 60.4 Å². The first-order chi connectivity index (χ1) is 13.0. The van der Waals surface area contributed by atoms with E-state index in [1.807, 2.05) is 12.1 Å². The number of benzene rings is 1. The van der Waals surface area contributed by atoms with Gasteiger partial charge in [-0.05, 0) is 45.4 Å². The van der Waals surface area contributed by atoms with Crippen LogP contribution in [0.2, 0.25) is 0 Å². The summed E-state index contributed by atoms with van der Waals surface area (Å²) < 4.78 is 10.8. The van der Waals surface area contributed by atoms with Gasteiger partial charge in [0.1, 0.15) is 5.75 Å². The van der Waals surface area contributed by atoms with E-state index >= 15 is 0 Å². The molecule has 0 unspecified atom stereocenters. The van der Waals surface area contributed by atoms with Crippen LogP contribution in [0.5, 0.6) is 5.75 Å². The third-order valence-electron chi connectivity index (χ3n) is 4.33. The zero-order valence-corrected chi connectivity index (χ0v) is 20.7. The summed E-state index contributed by atoms with van der Waals surface area (Å²) >= 11 is 0. The number of guanidine groups is 1. The van der Waals surface area contributed by atoms with E-state index in [0.29, 0.717) is 31.8 Å². The van der Waals surface area contributed by atoms with Crippen molar-refractivity contribution in [3.63, 3.8) is 0 Å². The van der Waals surface area contributed by atoms with Crippen molar-refractivity contribution in [3.8, 4) is 5.75 Å². The maximum atomic E-state index is 5.76. The molecule has 1 aromatic rings. The molecule has 0 atom stereocenters. The minimum Gasteiger partial charge on any atom is -0.493 e. The minimum atomic E-state index is 0. The Morgan fingerprint density at radius 1 is 1.11 bits per heavy atom. The first-order valence-electron chi connectivity index (χ1n) is 9.88. The summed E-state index contributed by atoms with van der Waals surface area (Å²) in [5.74, 6) is 1.70. The molecule has 7 heteroatoms. The second-order valence-electron chi connectivity index (χ2n) is 7.12. The molecule has 0 aliphatic carbocycles. The summed E-state index contributed by atoms with van der Waals surface area (Å²) in [6, 6.07) is 9.22. The van der Waals surface area contributed by atoms with Crippen molar-refractivity contribution in [1.29, 1.82) is 0 Å². The largest absolute Gasteiger partial charge is 0.493 e. The summed E-state index contributed by atoms with van der Waals surface area (Å²) in [4.78, 5) is 6.78. The van der Waals surface area contributed by atoms with Gasteiger partial charge < -0.3 is 20.1 Å². The molecule has 6 nitrogen and oxygen atoms in total. The smallest absolute Gasteiger partial charge is 0.191 e. The van der Waals surface area contributed by atoms with Crippen LogP contribution >= 0.6 is 24.0 Å². The Balaban J connectivity index is 0.00000729. The Morgan fingerprint density at radius 2 is 1.82 bits per heavy atom. The lowest BCUT2D eigenvalue weighted by molar-refractivity contribution is 0.172. The number of aliphatic imine (C=N–C) groups is 1. The quantitative estimate of drug-likeness (QED) is 0.197. The highest BCUT2D eigenvalue weighted by Crippen LogP contribution is 2.13. The van der Waals surface area contributed by atoms with Crippen LogP contribution in [0.25, 0.3) is 0 Å². The molecule has 0 radical (unpaired) electrons. The van der Waals surface area contributed by atoms with E-state index in [9.17, 15) is 0 Å². The molecule has 0 aliphatic rings. The zero-order valence-electron chi connectivity index (χ0n) is 18.3. The van der Waals surface area contributed by atoms with E-state index < -0.39 is 0 Å². The van der Waals surface area contributed by atoms with Gasteiger partial charge in [0.15, 0.2) is 5.96 Å². The van der Waals surface area contributed by atoms with Crippen molar-refractivity contribution in [2.45, 2.75) is 52.7 Å². The molecule has 2 N–H and O–H groups in total. The van der Waals surface area contributed by atoms with Gasteiger partial charge in [-0.1, -0.05) is 12.1 Å². The van der Waals surface area contributed by atoms with Gasteiger partial charge in [-0.15, -0.1) is 24.0 Å². The molecule has 28 heavy (non-hydrogen) atoms. The molecular weight excluding hydrogens is 467 g/mol. The fourth-order valence-corrected chi connectivity index (χ4v) is 2.96. The predicted molar refractivity (Wildman–Crippen MR) is 129 cm³/mol. The third-order valence-corrected chi connectivity index (χ3v) is 4.33. The van der Waals surface area contributed by atoms with Gasteiger partial charge in [0.25, 0.3) is 0 Å². The predicted octanol–water partition coefficient (Wildman–Crippen LogP) is 3.50. The lowest BCUT2D eigenvalue weighted by Gasteiger charge is -2.30. The average molecular weight is 506 g/mol. The highest BCUT2D eigenvalue weighted by Gasteiger charge is 2.12. The summed E-state index contributed by atoms with van der Waals surface area (Å²) in [5.41, 5.74) is 1.16. The molecule has 0 saturated heterocycles. The highest BCUT2D eigenvalue weighted by molar-refractivity contribution is 14.0. The van der Waals surface area contributed by atoms with Crippen molar-refractivity contribution < 1.29 is 9.47 Å². The van der Waals surface area contributed by atoms with Gasteiger partial charge >= 0.3 is 0 Å². The lowest BCUT2D eigenvalue weighted by atomic mass is 10.2. The van der Waals surface area contributed by atoms with Crippen LogP contribution in [-0.4, -0.2) is 63.4 Å². The Bertz CT molecular complexity index is 545. The minimum absolute atomic E-state index is 0. The maximum Gasteiger partial charge on any atom is 0.191 e. The molecule has 0 bridgehead atoms. The van der Waals surface area contributed by atoms with E-state index in [1.165, 1.54) is 0 Å². The van der Waals surface area contributed by atoms with Crippen LogP contribution in [0.4, 0.5) is 0 Å². The lowest BCUT2D eigenvalue weighted by Crippen LogP contribution is -2.45. The first-order valence-corrected chi connectivity index (χ1v) is 9.88. The Morgan fingerprint density at radius 3 is 2.43 bits per heavy atom. The summed E-state index contributed by atoms with van der Waals surface area (Å²) in [6.07, 6.45) is 0.888. The van der Waals surface area contributed by atoms with Gasteiger partial charge in [-0.3, -0.25) is 9.89 Å². The number of hydrogen-bond donors (Lipinski definition) is 2. The van der Waals surface area contributed by atoms with Gasteiger partial charge in [0, 0.05) is 58.9 Å². The van der Waals surface area contributed by atoms with E-state index in [-0.39, 0.29) is 24.0 Å². The average Bonchev–Trinajstić information content (AvgIpc) is 2.64. The molecule has 1 rings (SSSR count). The fraction of sp³-hybridized carbons (Fsp3) is 0.667. The molecule has 0 aliphatic heterocycles. The van der Waals surface area contributed by atoms with E-state index in [0.717, 1.165) is 36.8 Å². The summed E-state index contributed by atoms with van der Waals surface area (Å²) in [5, 5.41) is 6.76. The number of hydrogen-bond acceptors (Lipinski definition) is 4. The third kappa shape index (κ3) is 11.1. The fourth-order valence-electron chi connectivity index (χ4n) is 2.96. The molecule has 0 spiro atoms. The second-order valence-corrected chi connectivity index (χ2v) is 7.12. The van der Waals surface area contributed by atoms with Crippen LogP contribution in [0, 0.1) is 0 Å². The van der Waals surface area contributed by atoms with E-state index in [4.69, 9.17) is 9.47 Å². The molecule has 162 valence electrons. The Hall–Kier alpha value is -1.06. The summed E-state index contributed by atoms with van der Waals surface area (Å²) in [6.45, 7) is 12.9. The van der Waals surface area contributed by atoms with Gasteiger partial charge in [0.2, 0.25) is 0 Å². The van der Waals surface area contributed by atoms with Crippen molar-refractivity contribution in [2.24, 2.45) is 4.99 Å². The summed E-state index contributed by atoms with van der Waals surface area (Å²) in [7, 11) is 3.50. The topological polar surface area (TPSA) is 58.1 Å². The number of nitrogens with zero attached hydrogens (tertiary/aromatic N) is 2. The number of halogens is 1.